The van der Waals surface area contributed by atoms with Crippen LogP contribution >= 0.6 is 15.9 Å². The van der Waals surface area contributed by atoms with Gasteiger partial charge in [-0.25, -0.2) is 4.79 Å². The molecule has 0 aliphatic rings. The molecule has 0 fully saturated rings. The molecule has 1 N–H and O–H groups in total. The first-order valence-electron chi connectivity index (χ1n) is 7.18. The van der Waals surface area contributed by atoms with Crippen LogP contribution in [0, 0.1) is 11.3 Å². The van der Waals surface area contributed by atoms with Gasteiger partial charge in [-0.2, -0.15) is 10.4 Å². The Hall–Kier alpha value is -3.18. The largest absolute Gasteiger partial charge is 0.478 e. The van der Waals surface area contributed by atoms with Crippen LogP contribution in [0.25, 0.3) is 10.9 Å². The van der Waals surface area contributed by atoms with Crippen molar-refractivity contribution in [2.45, 2.75) is 0 Å². The summed E-state index contributed by atoms with van der Waals surface area (Å²) in [4.78, 5) is 27.0. The van der Waals surface area contributed by atoms with Gasteiger partial charge in [0.2, 0.25) is 0 Å². The molecule has 1 aromatic heterocycles. The van der Waals surface area contributed by atoms with E-state index in [1.54, 1.807) is 42.5 Å². The molecule has 0 bridgehead atoms. The van der Waals surface area contributed by atoms with Crippen LogP contribution < -0.4 is 16.0 Å². The van der Waals surface area contributed by atoms with Gasteiger partial charge in [0, 0.05) is 0 Å². The second-order valence-electron chi connectivity index (χ2n) is 4.97. The molecule has 3 aromatic rings. The van der Waals surface area contributed by atoms with Gasteiger partial charge in [-0.15, -0.1) is 4.68 Å². The monoisotopic (exact) mass is 398 g/mol. The van der Waals surface area contributed by atoms with Crippen LogP contribution in [0.1, 0.15) is 5.56 Å². The Morgan fingerprint density at radius 1 is 1.28 bits per heavy atom. The van der Waals surface area contributed by atoms with Gasteiger partial charge in [0.1, 0.15) is 11.8 Å². The second-order valence-corrected chi connectivity index (χ2v) is 5.83. The highest BCUT2D eigenvalue weighted by molar-refractivity contribution is 9.10. The minimum atomic E-state index is -0.618. The Balaban J connectivity index is 1.96. The minimum Gasteiger partial charge on any atom is -0.478 e. The number of hydrogen-bond acceptors (Lipinski definition) is 5. The van der Waals surface area contributed by atoms with Crippen molar-refractivity contribution in [2.75, 3.05) is 6.61 Å². The third-order valence-electron chi connectivity index (χ3n) is 3.35. The molecule has 0 unspecified atom stereocenters. The fourth-order valence-corrected chi connectivity index (χ4v) is 2.72. The molecule has 0 radical (unpaired) electrons. The summed E-state index contributed by atoms with van der Waals surface area (Å²) in [5.74, 6) is 0.513. The third-order valence-corrected chi connectivity index (χ3v) is 3.97. The number of halogens is 1. The first kappa shape index (κ1) is 16.7. The van der Waals surface area contributed by atoms with E-state index in [1.165, 1.54) is 6.21 Å². The fraction of sp³-hybridized carbons (Fsp3) is 0.0588. The molecular weight excluding hydrogens is 388 g/mol. The van der Waals surface area contributed by atoms with E-state index in [4.69, 9.17) is 10.00 Å². The zero-order valence-corrected chi connectivity index (χ0v) is 14.4. The van der Waals surface area contributed by atoms with E-state index in [2.05, 4.69) is 26.0 Å². The van der Waals surface area contributed by atoms with E-state index in [1.807, 2.05) is 6.07 Å². The van der Waals surface area contributed by atoms with Gasteiger partial charge >= 0.3 is 5.69 Å². The molecule has 7 nitrogen and oxygen atoms in total. The number of nitrogens with zero attached hydrogens (tertiary/aromatic N) is 3. The lowest BCUT2D eigenvalue weighted by molar-refractivity contribution is 0.366. The summed E-state index contributed by atoms with van der Waals surface area (Å²) in [6.45, 7) is -0.0616. The van der Waals surface area contributed by atoms with Gasteiger partial charge in [-0.1, -0.05) is 12.1 Å². The summed E-state index contributed by atoms with van der Waals surface area (Å²) in [6.07, 6.45) is 1.39. The van der Waals surface area contributed by atoms with Gasteiger partial charge in [-0.05, 0) is 51.8 Å². The molecule has 8 heteroatoms. The van der Waals surface area contributed by atoms with Crippen molar-refractivity contribution in [1.29, 1.82) is 5.26 Å². The van der Waals surface area contributed by atoms with E-state index in [0.29, 0.717) is 26.7 Å². The number of aromatic amines is 1. The maximum Gasteiger partial charge on any atom is 0.349 e. The van der Waals surface area contributed by atoms with Crippen LogP contribution in [0.15, 0.2) is 61.6 Å². The predicted molar refractivity (Wildman–Crippen MR) is 97.1 cm³/mol. The van der Waals surface area contributed by atoms with E-state index in [-0.39, 0.29) is 6.61 Å². The van der Waals surface area contributed by atoms with Gasteiger partial charge in [0.25, 0.3) is 5.56 Å². The summed E-state index contributed by atoms with van der Waals surface area (Å²) in [7, 11) is 0. The number of benzene rings is 2. The maximum absolute atomic E-state index is 12.4. The fourth-order valence-electron chi connectivity index (χ4n) is 2.21. The molecule has 124 valence electrons. The number of aromatic nitrogens is 2. The average Bonchev–Trinajstić information content (AvgIpc) is 2.61. The maximum atomic E-state index is 12.4. The summed E-state index contributed by atoms with van der Waals surface area (Å²) in [5.41, 5.74) is -0.00189. The highest BCUT2D eigenvalue weighted by Crippen LogP contribution is 2.25. The first-order chi connectivity index (χ1) is 12.1. The summed E-state index contributed by atoms with van der Waals surface area (Å²) >= 11 is 3.33. The molecule has 0 aliphatic carbocycles. The van der Waals surface area contributed by atoms with Crippen molar-refractivity contribution in [2.24, 2.45) is 5.10 Å². The van der Waals surface area contributed by atoms with Crippen molar-refractivity contribution >= 4 is 33.0 Å². The second kappa shape index (κ2) is 7.15. The van der Waals surface area contributed by atoms with Crippen molar-refractivity contribution in [3.05, 3.63) is 73.3 Å². The number of ether oxygens (including phenoxy) is 1. The molecule has 0 saturated carbocycles. The normalized spacial score (nSPS) is 10.9. The average molecular weight is 399 g/mol. The van der Waals surface area contributed by atoms with Gasteiger partial charge in [0.05, 0.1) is 21.6 Å². The Morgan fingerprint density at radius 2 is 2.08 bits per heavy atom. The molecular formula is C17H11BrN4O3. The lowest BCUT2D eigenvalue weighted by atomic mass is 10.2. The lowest BCUT2D eigenvalue weighted by Crippen LogP contribution is -2.32. The van der Waals surface area contributed by atoms with Crippen molar-refractivity contribution in [1.82, 2.24) is 9.66 Å². The number of nitriles is 1. The number of fused-ring (bicyclic) bond motifs is 1. The predicted octanol–water partition coefficient (Wildman–Crippen LogP) is 2.24. The first-order valence-corrected chi connectivity index (χ1v) is 7.97. The van der Waals surface area contributed by atoms with Crippen LogP contribution in [-0.2, 0) is 0 Å². The molecule has 0 aliphatic heterocycles. The van der Waals surface area contributed by atoms with Crippen LogP contribution in [-0.4, -0.2) is 22.5 Å². The van der Waals surface area contributed by atoms with Crippen LogP contribution in [0.3, 0.4) is 0 Å². The molecule has 25 heavy (non-hydrogen) atoms. The minimum absolute atomic E-state index is 0.0616. The molecule has 3 rings (SSSR count). The molecule has 2 aromatic carbocycles. The lowest BCUT2D eigenvalue weighted by Gasteiger charge is -2.05. The quantitative estimate of drug-likeness (QED) is 0.680. The number of H-pyrrole nitrogens is 1. The molecule has 0 amide bonds. The van der Waals surface area contributed by atoms with Crippen molar-refractivity contribution in [3.8, 4) is 11.8 Å². The number of hydrogen-bond donors (Lipinski definition) is 1. The van der Waals surface area contributed by atoms with Gasteiger partial charge < -0.3 is 9.72 Å². The summed E-state index contributed by atoms with van der Waals surface area (Å²) in [6, 6.07) is 13.7. The summed E-state index contributed by atoms with van der Waals surface area (Å²) < 4.78 is 6.63. The van der Waals surface area contributed by atoms with Crippen molar-refractivity contribution < 1.29 is 4.74 Å². The zero-order chi connectivity index (χ0) is 17.8. The smallest absolute Gasteiger partial charge is 0.349 e. The van der Waals surface area contributed by atoms with E-state index in [9.17, 15) is 9.59 Å². The standard InChI is InChI=1S/C17H11BrN4O3/c18-13-9-11(5-6-15(13)25-8-7-19)10-20-22-16(23)12-3-1-2-4-14(12)21-17(22)24/h1-6,9-10H,8H2,(H,21,24). The Morgan fingerprint density at radius 3 is 2.84 bits per heavy atom. The number of nitrogens with one attached hydrogen (secondary N) is 1. The Labute approximate surface area is 149 Å². The molecule has 1 heterocycles. The summed E-state index contributed by atoms with van der Waals surface area (Å²) in [5, 5.41) is 12.9. The SMILES string of the molecule is N#CCOc1ccc(C=Nn2c(=O)[nH]c3ccccc3c2=O)cc1Br. The van der Waals surface area contributed by atoms with Crippen molar-refractivity contribution in [3.63, 3.8) is 0 Å². The highest BCUT2D eigenvalue weighted by atomic mass is 79.9. The third kappa shape index (κ3) is 3.51. The Bertz CT molecular complexity index is 1130. The molecule has 0 saturated heterocycles. The van der Waals surface area contributed by atoms with E-state index >= 15 is 0 Å². The van der Waals surface area contributed by atoms with E-state index in [0.717, 1.165) is 4.68 Å². The molecule has 0 spiro atoms. The number of rotatable bonds is 4. The zero-order valence-electron chi connectivity index (χ0n) is 12.8. The van der Waals surface area contributed by atoms with Crippen LogP contribution in [0.4, 0.5) is 0 Å². The molecule has 0 atom stereocenters. The van der Waals surface area contributed by atoms with Crippen LogP contribution in [0.2, 0.25) is 0 Å². The van der Waals surface area contributed by atoms with Gasteiger partial charge in [0.15, 0.2) is 6.61 Å². The highest BCUT2D eigenvalue weighted by Gasteiger charge is 2.06. The van der Waals surface area contributed by atoms with E-state index < -0.39 is 11.2 Å². The topological polar surface area (TPSA) is 100 Å². The van der Waals surface area contributed by atoms with Gasteiger partial charge in [-0.3, -0.25) is 4.79 Å². The van der Waals surface area contributed by atoms with Crippen LogP contribution in [0.5, 0.6) is 5.75 Å². The Kier molecular flexibility index (Phi) is 4.77. The number of para-hydroxylation sites is 1.